The van der Waals surface area contributed by atoms with Gasteiger partial charge in [0.15, 0.2) is 5.82 Å². The van der Waals surface area contributed by atoms with Gasteiger partial charge in [-0.15, -0.1) is 0 Å². The maximum absolute atomic E-state index is 5.40. The van der Waals surface area contributed by atoms with Crippen LogP contribution in [0.3, 0.4) is 0 Å². The van der Waals surface area contributed by atoms with E-state index >= 15 is 0 Å². The number of nitrogens with zero attached hydrogens (tertiary/aromatic N) is 4. The lowest BCUT2D eigenvalue weighted by molar-refractivity contribution is 0.419. The van der Waals surface area contributed by atoms with Crippen molar-refractivity contribution in [2.75, 3.05) is 11.4 Å². The highest BCUT2D eigenvalue weighted by molar-refractivity contribution is 5.59. The fourth-order valence-electron chi connectivity index (χ4n) is 3.02. The van der Waals surface area contributed by atoms with E-state index in [1.54, 1.807) is 0 Å². The van der Waals surface area contributed by atoms with Crippen molar-refractivity contribution in [1.82, 2.24) is 15.1 Å². The highest BCUT2D eigenvalue weighted by Crippen LogP contribution is 2.28. The SMILES string of the molecule is CCC1CCCCN1c1cc(-c2nc(C(C)C)no2)ccn1. The van der Waals surface area contributed by atoms with Gasteiger partial charge in [0.1, 0.15) is 5.82 Å². The van der Waals surface area contributed by atoms with Crippen LogP contribution in [-0.2, 0) is 0 Å². The third-order valence-electron chi connectivity index (χ3n) is 4.34. The molecule has 0 N–H and O–H groups in total. The molecule has 1 atom stereocenters. The lowest BCUT2D eigenvalue weighted by Crippen LogP contribution is -2.39. The van der Waals surface area contributed by atoms with Crippen LogP contribution in [0.25, 0.3) is 11.5 Å². The summed E-state index contributed by atoms with van der Waals surface area (Å²) in [6, 6.07) is 4.60. The molecule has 118 valence electrons. The van der Waals surface area contributed by atoms with Crippen molar-refractivity contribution in [2.45, 2.75) is 58.4 Å². The van der Waals surface area contributed by atoms with E-state index in [9.17, 15) is 0 Å². The van der Waals surface area contributed by atoms with Crippen LogP contribution in [0, 0.1) is 0 Å². The number of anilines is 1. The summed E-state index contributed by atoms with van der Waals surface area (Å²) in [5.41, 5.74) is 0.949. The van der Waals surface area contributed by atoms with Crippen LogP contribution in [0.5, 0.6) is 0 Å². The number of hydrogen-bond acceptors (Lipinski definition) is 5. The first-order valence-corrected chi connectivity index (χ1v) is 8.25. The Labute approximate surface area is 131 Å². The molecule has 0 aliphatic carbocycles. The molecule has 1 fully saturated rings. The molecule has 0 radical (unpaired) electrons. The third kappa shape index (κ3) is 2.98. The molecule has 2 aromatic heterocycles. The number of pyridine rings is 1. The molecule has 1 aliphatic heterocycles. The van der Waals surface area contributed by atoms with Crippen LogP contribution in [-0.4, -0.2) is 27.7 Å². The highest BCUT2D eigenvalue weighted by atomic mass is 16.5. The van der Waals surface area contributed by atoms with E-state index in [0.717, 1.165) is 30.2 Å². The van der Waals surface area contributed by atoms with Gasteiger partial charge in [-0.05, 0) is 37.8 Å². The Bertz CT molecular complexity index is 623. The number of hydrogen-bond donors (Lipinski definition) is 0. The topological polar surface area (TPSA) is 55.1 Å². The second-order valence-electron chi connectivity index (χ2n) is 6.27. The molecule has 5 nitrogen and oxygen atoms in total. The van der Waals surface area contributed by atoms with Gasteiger partial charge < -0.3 is 9.42 Å². The first kappa shape index (κ1) is 15.0. The van der Waals surface area contributed by atoms with Gasteiger partial charge >= 0.3 is 0 Å². The monoisotopic (exact) mass is 300 g/mol. The number of rotatable bonds is 4. The van der Waals surface area contributed by atoms with Crippen molar-refractivity contribution < 1.29 is 4.52 Å². The predicted octanol–water partition coefficient (Wildman–Crippen LogP) is 4.02. The van der Waals surface area contributed by atoms with E-state index in [0.29, 0.717) is 11.9 Å². The molecule has 0 amide bonds. The summed E-state index contributed by atoms with van der Waals surface area (Å²) < 4.78 is 5.40. The average Bonchev–Trinajstić information content (AvgIpc) is 3.05. The standard InChI is InChI=1S/C17H24N4O/c1-4-14-7-5-6-10-21(14)15-11-13(8-9-18-15)17-19-16(12(2)3)20-22-17/h8-9,11-12,14H,4-7,10H2,1-3H3. The van der Waals surface area contributed by atoms with Gasteiger partial charge in [-0.1, -0.05) is 25.9 Å². The van der Waals surface area contributed by atoms with Gasteiger partial charge in [0.2, 0.25) is 0 Å². The molecule has 1 unspecified atom stereocenters. The van der Waals surface area contributed by atoms with Gasteiger partial charge in [0.25, 0.3) is 5.89 Å². The normalized spacial score (nSPS) is 18.9. The van der Waals surface area contributed by atoms with Crippen molar-refractivity contribution in [3.8, 4) is 11.5 Å². The zero-order chi connectivity index (χ0) is 15.5. The first-order chi connectivity index (χ1) is 10.7. The van der Waals surface area contributed by atoms with Crippen LogP contribution >= 0.6 is 0 Å². The van der Waals surface area contributed by atoms with Crippen molar-refractivity contribution in [1.29, 1.82) is 0 Å². The molecule has 22 heavy (non-hydrogen) atoms. The lowest BCUT2D eigenvalue weighted by atomic mass is 10.00. The summed E-state index contributed by atoms with van der Waals surface area (Å²) in [5.74, 6) is 2.62. The lowest BCUT2D eigenvalue weighted by Gasteiger charge is -2.36. The van der Waals surface area contributed by atoms with Crippen LogP contribution < -0.4 is 4.90 Å². The molecule has 3 rings (SSSR count). The number of aromatic nitrogens is 3. The van der Waals surface area contributed by atoms with Crippen molar-refractivity contribution in [3.05, 3.63) is 24.2 Å². The first-order valence-electron chi connectivity index (χ1n) is 8.25. The molecular weight excluding hydrogens is 276 g/mol. The molecule has 0 aromatic carbocycles. The summed E-state index contributed by atoms with van der Waals surface area (Å²) in [7, 11) is 0. The van der Waals surface area contributed by atoms with E-state index in [2.05, 4.69) is 46.9 Å². The van der Waals surface area contributed by atoms with Gasteiger partial charge in [-0.3, -0.25) is 0 Å². The van der Waals surface area contributed by atoms with Crippen LogP contribution in [0.4, 0.5) is 5.82 Å². The molecule has 0 spiro atoms. The molecule has 0 bridgehead atoms. The molecular formula is C17H24N4O. The van der Waals surface area contributed by atoms with Crippen LogP contribution in [0.2, 0.25) is 0 Å². The summed E-state index contributed by atoms with van der Waals surface area (Å²) >= 11 is 0. The van der Waals surface area contributed by atoms with Gasteiger partial charge in [-0.25, -0.2) is 4.98 Å². The molecule has 2 aromatic rings. The summed E-state index contributed by atoms with van der Waals surface area (Å²) in [5, 5.41) is 4.05. The average molecular weight is 300 g/mol. The summed E-state index contributed by atoms with van der Waals surface area (Å²) in [6.45, 7) is 7.45. The van der Waals surface area contributed by atoms with Gasteiger partial charge in [0.05, 0.1) is 0 Å². The third-order valence-corrected chi connectivity index (χ3v) is 4.34. The van der Waals surface area contributed by atoms with Crippen molar-refractivity contribution >= 4 is 5.82 Å². The Morgan fingerprint density at radius 3 is 2.95 bits per heavy atom. The maximum atomic E-state index is 5.40. The molecule has 1 aliphatic rings. The van der Waals surface area contributed by atoms with Crippen LogP contribution in [0.15, 0.2) is 22.9 Å². The second-order valence-corrected chi connectivity index (χ2v) is 6.27. The van der Waals surface area contributed by atoms with E-state index in [1.807, 2.05) is 12.3 Å². The van der Waals surface area contributed by atoms with E-state index < -0.39 is 0 Å². The van der Waals surface area contributed by atoms with Crippen molar-refractivity contribution in [3.63, 3.8) is 0 Å². The Balaban J connectivity index is 1.88. The van der Waals surface area contributed by atoms with Crippen molar-refractivity contribution in [2.24, 2.45) is 0 Å². The fraction of sp³-hybridized carbons (Fsp3) is 0.588. The van der Waals surface area contributed by atoms with E-state index in [1.165, 1.54) is 19.3 Å². The van der Waals surface area contributed by atoms with Gasteiger partial charge in [0, 0.05) is 30.3 Å². The zero-order valence-electron chi connectivity index (χ0n) is 13.6. The van der Waals surface area contributed by atoms with E-state index in [4.69, 9.17) is 4.52 Å². The Hall–Kier alpha value is -1.91. The molecule has 3 heterocycles. The second kappa shape index (κ2) is 6.46. The Morgan fingerprint density at radius 1 is 1.36 bits per heavy atom. The Kier molecular flexibility index (Phi) is 4.41. The maximum Gasteiger partial charge on any atom is 0.258 e. The number of piperidine rings is 1. The quantitative estimate of drug-likeness (QED) is 0.853. The minimum atomic E-state index is 0.269. The highest BCUT2D eigenvalue weighted by Gasteiger charge is 2.22. The minimum Gasteiger partial charge on any atom is -0.354 e. The molecule has 1 saturated heterocycles. The van der Waals surface area contributed by atoms with Gasteiger partial charge in [-0.2, -0.15) is 4.98 Å². The smallest absolute Gasteiger partial charge is 0.258 e. The summed E-state index contributed by atoms with van der Waals surface area (Å²) in [6.07, 6.45) is 6.80. The largest absolute Gasteiger partial charge is 0.354 e. The summed E-state index contributed by atoms with van der Waals surface area (Å²) in [4.78, 5) is 11.5. The molecule has 5 heteroatoms. The van der Waals surface area contributed by atoms with E-state index in [-0.39, 0.29) is 5.92 Å². The Morgan fingerprint density at radius 2 is 2.23 bits per heavy atom. The van der Waals surface area contributed by atoms with Crippen LogP contribution in [0.1, 0.15) is 58.2 Å². The minimum absolute atomic E-state index is 0.269. The zero-order valence-corrected chi connectivity index (χ0v) is 13.6. The predicted molar refractivity (Wildman–Crippen MR) is 86.9 cm³/mol. The molecule has 0 saturated carbocycles. The fourth-order valence-corrected chi connectivity index (χ4v) is 3.02.